The van der Waals surface area contributed by atoms with Crippen LogP contribution in [0.5, 0.6) is 0 Å². The molecule has 0 spiro atoms. The van der Waals surface area contributed by atoms with Gasteiger partial charge in [0.25, 0.3) is 0 Å². The lowest BCUT2D eigenvalue weighted by Gasteiger charge is -2.36. The lowest BCUT2D eigenvalue weighted by Crippen LogP contribution is -2.49. The molecule has 0 saturated carbocycles. The van der Waals surface area contributed by atoms with Crippen LogP contribution in [0.1, 0.15) is 16.7 Å². The van der Waals surface area contributed by atoms with E-state index in [2.05, 4.69) is 22.3 Å². The largest absolute Gasteiger partial charge is 0.358 e. The second-order valence-corrected chi connectivity index (χ2v) is 6.01. The second-order valence-electron chi connectivity index (χ2n) is 5.60. The van der Waals surface area contributed by atoms with Crippen molar-refractivity contribution in [2.75, 3.05) is 7.05 Å². The molecule has 114 valence electrons. The molecule has 1 aliphatic heterocycles. The van der Waals surface area contributed by atoms with E-state index in [1.165, 1.54) is 11.1 Å². The zero-order chi connectivity index (χ0) is 15.5. The van der Waals surface area contributed by atoms with Gasteiger partial charge in [-0.3, -0.25) is 9.69 Å². The van der Waals surface area contributed by atoms with Gasteiger partial charge in [0.05, 0.1) is 6.04 Å². The minimum Gasteiger partial charge on any atom is -0.358 e. The van der Waals surface area contributed by atoms with E-state index < -0.39 is 0 Å². The number of fused-ring (bicyclic) bond motifs is 1. The molecule has 1 atom stereocenters. The molecule has 0 bridgehead atoms. The van der Waals surface area contributed by atoms with Gasteiger partial charge in [-0.2, -0.15) is 0 Å². The quantitative estimate of drug-likeness (QED) is 0.944. The number of nitrogens with one attached hydrogen (secondary N) is 1. The molecule has 1 heterocycles. The maximum atomic E-state index is 12.3. The zero-order valence-corrected chi connectivity index (χ0v) is 13.3. The third kappa shape index (κ3) is 3.01. The van der Waals surface area contributed by atoms with Crippen LogP contribution in [0.15, 0.2) is 48.5 Å². The van der Waals surface area contributed by atoms with Crippen LogP contribution in [-0.4, -0.2) is 23.9 Å². The van der Waals surface area contributed by atoms with E-state index in [-0.39, 0.29) is 11.9 Å². The number of nitrogens with zero attached hydrogens (tertiary/aromatic N) is 1. The maximum Gasteiger partial charge on any atom is 0.237 e. The van der Waals surface area contributed by atoms with Crippen molar-refractivity contribution in [1.82, 2.24) is 10.2 Å². The first-order valence-electron chi connectivity index (χ1n) is 7.45. The molecule has 0 saturated heterocycles. The summed E-state index contributed by atoms with van der Waals surface area (Å²) in [5, 5.41) is 3.53. The first kappa shape index (κ1) is 15.1. The topological polar surface area (TPSA) is 32.3 Å². The van der Waals surface area contributed by atoms with Crippen LogP contribution in [0.4, 0.5) is 0 Å². The average molecular weight is 315 g/mol. The average Bonchev–Trinajstić information content (AvgIpc) is 2.55. The second kappa shape index (κ2) is 6.51. The fourth-order valence-corrected chi connectivity index (χ4v) is 3.21. The van der Waals surface area contributed by atoms with Gasteiger partial charge >= 0.3 is 0 Å². The van der Waals surface area contributed by atoms with Gasteiger partial charge in [-0.25, -0.2) is 0 Å². The van der Waals surface area contributed by atoms with Crippen LogP contribution < -0.4 is 5.32 Å². The number of amides is 1. The zero-order valence-electron chi connectivity index (χ0n) is 12.6. The summed E-state index contributed by atoms with van der Waals surface area (Å²) < 4.78 is 0. The number of benzene rings is 2. The number of hydrogen-bond donors (Lipinski definition) is 1. The van der Waals surface area contributed by atoms with E-state index in [0.29, 0.717) is 6.54 Å². The Morgan fingerprint density at radius 2 is 1.86 bits per heavy atom. The summed E-state index contributed by atoms with van der Waals surface area (Å²) in [5.41, 5.74) is 3.60. The highest BCUT2D eigenvalue weighted by atomic mass is 35.5. The van der Waals surface area contributed by atoms with E-state index in [1.54, 1.807) is 7.05 Å². The van der Waals surface area contributed by atoms with Crippen molar-refractivity contribution in [1.29, 1.82) is 0 Å². The molecule has 0 radical (unpaired) electrons. The van der Waals surface area contributed by atoms with Gasteiger partial charge in [-0.05, 0) is 29.2 Å². The maximum absolute atomic E-state index is 12.3. The SMILES string of the molecule is CNC(=O)[C@H]1Cc2ccccc2CN1Cc1ccccc1Cl. The van der Waals surface area contributed by atoms with Gasteiger partial charge < -0.3 is 5.32 Å². The number of carbonyl (C=O) groups excluding carboxylic acids is 1. The highest BCUT2D eigenvalue weighted by Crippen LogP contribution is 2.27. The van der Waals surface area contributed by atoms with Crippen molar-refractivity contribution in [3.8, 4) is 0 Å². The van der Waals surface area contributed by atoms with Crippen molar-refractivity contribution in [2.24, 2.45) is 0 Å². The van der Waals surface area contributed by atoms with Crippen molar-refractivity contribution in [3.05, 3.63) is 70.2 Å². The van der Waals surface area contributed by atoms with E-state index >= 15 is 0 Å². The number of hydrogen-bond acceptors (Lipinski definition) is 2. The van der Waals surface area contributed by atoms with Gasteiger partial charge in [0.1, 0.15) is 0 Å². The Morgan fingerprint density at radius 3 is 2.59 bits per heavy atom. The van der Waals surface area contributed by atoms with Crippen molar-refractivity contribution in [3.63, 3.8) is 0 Å². The Labute approximate surface area is 135 Å². The Kier molecular flexibility index (Phi) is 4.46. The molecule has 0 aromatic heterocycles. The predicted octanol–water partition coefficient (Wildman–Crippen LogP) is 3.01. The predicted molar refractivity (Wildman–Crippen MR) is 88.7 cm³/mol. The fourth-order valence-electron chi connectivity index (χ4n) is 3.01. The van der Waals surface area contributed by atoms with Crippen molar-refractivity contribution < 1.29 is 4.79 Å². The van der Waals surface area contributed by atoms with Crippen LogP contribution in [0.25, 0.3) is 0 Å². The molecule has 1 N–H and O–H groups in total. The molecule has 2 aromatic carbocycles. The lowest BCUT2D eigenvalue weighted by atomic mass is 9.93. The molecule has 0 aliphatic carbocycles. The minimum atomic E-state index is -0.156. The summed E-state index contributed by atoms with van der Waals surface area (Å²) in [6, 6.07) is 16.0. The number of carbonyl (C=O) groups is 1. The third-order valence-corrected chi connectivity index (χ3v) is 4.59. The van der Waals surface area contributed by atoms with Gasteiger partial charge in [-0.1, -0.05) is 54.1 Å². The lowest BCUT2D eigenvalue weighted by molar-refractivity contribution is -0.126. The molecule has 4 heteroatoms. The van der Waals surface area contributed by atoms with Gasteiger partial charge in [0.15, 0.2) is 0 Å². The first-order chi connectivity index (χ1) is 10.7. The van der Waals surface area contributed by atoms with Crippen molar-refractivity contribution in [2.45, 2.75) is 25.6 Å². The van der Waals surface area contributed by atoms with Crippen LogP contribution in [0.2, 0.25) is 5.02 Å². The summed E-state index contributed by atoms with van der Waals surface area (Å²) in [7, 11) is 1.69. The van der Waals surface area contributed by atoms with Crippen LogP contribution >= 0.6 is 11.6 Å². The Balaban J connectivity index is 1.90. The van der Waals surface area contributed by atoms with Gasteiger partial charge in [-0.15, -0.1) is 0 Å². The fraction of sp³-hybridized carbons (Fsp3) is 0.278. The van der Waals surface area contributed by atoms with Crippen LogP contribution in [0.3, 0.4) is 0 Å². The number of rotatable bonds is 3. The molecule has 3 rings (SSSR count). The number of halogens is 1. The Bertz CT molecular complexity index is 686. The molecular formula is C18H19ClN2O. The van der Waals surface area contributed by atoms with Crippen molar-refractivity contribution >= 4 is 17.5 Å². The molecule has 1 aliphatic rings. The molecule has 1 amide bonds. The minimum absolute atomic E-state index is 0.0570. The van der Waals surface area contributed by atoms with Crippen LogP contribution in [0, 0.1) is 0 Å². The standard InChI is InChI=1S/C18H19ClN2O/c1-20-18(22)17-10-13-6-2-3-7-14(13)11-21(17)12-15-8-4-5-9-16(15)19/h2-9,17H,10-12H2,1H3,(H,20,22)/t17-/m1/s1. The monoisotopic (exact) mass is 314 g/mol. The Hall–Kier alpha value is -1.84. The normalized spacial score (nSPS) is 17.8. The highest BCUT2D eigenvalue weighted by molar-refractivity contribution is 6.31. The van der Waals surface area contributed by atoms with E-state index in [9.17, 15) is 4.79 Å². The highest BCUT2D eigenvalue weighted by Gasteiger charge is 2.31. The number of likely N-dealkylation sites (N-methyl/N-ethyl adjacent to an activating group) is 1. The molecular weight excluding hydrogens is 296 g/mol. The summed E-state index contributed by atoms with van der Waals surface area (Å²) in [6.45, 7) is 1.44. The smallest absolute Gasteiger partial charge is 0.237 e. The summed E-state index contributed by atoms with van der Waals surface area (Å²) in [4.78, 5) is 14.5. The van der Waals surface area contributed by atoms with Crippen LogP contribution in [-0.2, 0) is 24.3 Å². The third-order valence-electron chi connectivity index (χ3n) is 4.23. The summed E-state index contributed by atoms with van der Waals surface area (Å²) >= 11 is 6.28. The summed E-state index contributed by atoms with van der Waals surface area (Å²) in [6.07, 6.45) is 0.736. The Morgan fingerprint density at radius 1 is 1.18 bits per heavy atom. The molecule has 22 heavy (non-hydrogen) atoms. The van der Waals surface area contributed by atoms with Gasteiger partial charge in [0.2, 0.25) is 5.91 Å². The summed E-state index contributed by atoms with van der Waals surface area (Å²) in [5.74, 6) is 0.0570. The van der Waals surface area contributed by atoms with Gasteiger partial charge in [0, 0.05) is 25.2 Å². The van der Waals surface area contributed by atoms with E-state index in [0.717, 1.165) is 23.6 Å². The molecule has 0 fully saturated rings. The molecule has 2 aromatic rings. The molecule has 3 nitrogen and oxygen atoms in total. The van der Waals surface area contributed by atoms with E-state index in [1.807, 2.05) is 36.4 Å². The first-order valence-corrected chi connectivity index (χ1v) is 7.82. The van der Waals surface area contributed by atoms with E-state index in [4.69, 9.17) is 11.6 Å². The molecule has 0 unspecified atom stereocenters.